The molecule has 2 aliphatic carbocycles. The minimum Gasteiger partial charge on any atom is -0.382 e. The Labute approximate surface area is 118 Å². The second kappa shape index (κ2) is 4.08. The summed E-state index contributed by atoms with van der Waals surface area (Å²) in [4.78, 5) is 25.1. The van der Waals surface area contributed by atoms with Gasteiger partial charge in [0.2, 0.25) is 0 Å². The van der Waals surface area contributed by atoms with Crippen LogP contribution in [0.5, 0.6) is 0 Å². The number of nitrogens with one attached hydrogen (secondary N) is 1. The third kappa shape index (κ3) is 1.82. The fraction of sp³-hybridized carbons (Fsp3) is 0.500. The molecule has 3 aliphatic rings. The van der Waals surface area contributed by atoms with Gasteiger partial charge in [-0.25, -0.2) is 0 Å². The van der Waals surface area contributed by atoms with E-state index >= 15 is 0 Å². The first-order chi connectivity index (χ1) is 9.65. The van der Waals surface area contributed by atoms with Gasteiger partial charge in [-0.1, -0.05) is 0 Å². The topological polar surface area (TPSA) is 49.4 Å². The van der Waals surface area contributed by atoms with Gasteiger partial charge in [-0.05, 0) is 55.7 Å². The Morgan fingerprint density at radius 1 is 1.05 bits per heavy atom. The van der Waals surface area contributed by atoms with Crippen molar-refractivity contribution in [2.24, 2.45) is 11.8 Å². The molecule has 0 aromatic heterocycles. The van der Waals surface area contributed by atoms with Crippen LogP contribution in [-0.2, 0) is 0 Å². The molecule has 4 rings (SSSR count). The fourth-order valence-corrected chi connectivity index (χ4v) is 3.17. The molecule has 1 aromatic rings. The van der Waals surface area contributed by atoms with E-state index in [4.69, 9.17) is 0 Å². The van der Waals surface area contributed by atoms with Crippen molar-refractivity contribution >= 4 is 17.5 Å². The first kappa shape index (κ1) is 11.9. The molecule has 0 saturated heterocycles. The van der Waals surface area contributed by atoms with E-state index in [2.05, 4.69) is 5.32 Å². The van der Waals surface area contributed by atoms with Gasteiger partial charge in [0.1, 0.15) is 0 Å². The minimum atomic E-state index is -0.197. The molecule has 0 spiro atoms. The molecular formula is C16H18N2O2. The van der Waals surface area contributed by atoms with E-state index in [1.54, 1.807) is 6.07 Å². The minimum absolute atomic E-state index is 0.192. The third-order valence-electron chi connectivity index (χ3n) is 4.68. The number of carbonyl (C=O) groups is 2. The predicted octanol–water partition coefficient (Wildman–Crippen LogP) is 2.51. The monoisotopic (exact) mass is 270 g/mol. The molecule has 0 bridgehead atoms. The number of hydrogen-bond donors (Lipinski definition) is 1. The maximum Gasteiger partial charge on any atom is 0.261 e. The highest BCUT2D eigenvalue weighted by Gasteiger charge is 2.41. The third-order valence-corrected chi connectivity index (χ3v) is 4.68. The van der Waals surface area contributed by atoms with Gasteiger partial charge in [0, 0.05) is 18.8 Å². The summed E-state index contributed by atoms with van der Waals surface area (Å²) in [6.45, 7) is 0. The Hall–Kier alpha value is -1.84. The average molecular weight is 270 g/mol. The van der Waals surface area contributed by atoms with Crippen LogP contribution in [0.1, 0.15) is 46.4 Å². The van der Waals surface area contributed by atoms with Crippen molar-refractivity contribution in [3.63, 3.8) is 0 Å². The Kier molecular flexibility index (Phi) is 2.43. The summed E-state index contributed by atoms with van der Waals surface area (Å²) < 4.78 is 0. The lowest BCUT2D eigenvalue weighted by atomic mass is 10.0. The Morgan fingerprint density at radius 2 is 1.65 bits per heavy atom. The fourth-order valence-electron chi connectivity index (χ4n) is 3.17. The smallest absolute Gasteiger partial charge is 0.261 e. The summed E-state index contributed by atoms with van der Waals surface area (Å²) in [5, 5.41) is 3.60. The van der Waals surface area contributed by atoms with E-state index in [1.807, 2.05) is 12.1 Å². The van der Waals surface area contributed by atoms with Crippen molar-refractivity contribution in [3.05, 3.63) is 29.3 Å². The van der Waals surface area contributed by atoms with Gasteiger partial charge in [-0.2, -0.15) is 0 Å². The van der Waals surface area contributed by atoms with Crippen molar-refractivity contribution in [1.82, 2.24) is 4.90 Å². The summed E-state index contributed by atoms with van der Waals surface area (Å²) in [6.07, 6.45) is 5.27. The molecule has 104 valence electrons. The molecule has 0 atom stereocenters. The van der Waals surface area contributed by atoms with Gasteiger partial charge in [0.25, 0.3) is 11.8 Å². The molecule has 1 N–H and O–H groups in total. The Morgan fingerprint density at radius 3 is 2.25 bits per heavy atom. The van der Waals surface area contributed by atoms with Crippen LogP contribution in [0.25, 0.3) is 0 Å². The van der Waals surface area contributed by atoms with Crippen LogP contribution in [0.2, 0.25) is 0 Å². The first-order valence-corrected chi connectivity index (χ1v) is 7.38. The van der Waals surface area contributed by atoms with Crippen molar-refractivity contribution in [2.45, 2.75) is 31.7 Å². The van der Waals surface area contributed by atoms with Crippen LogP contribution < -0.4 is 5.32 Å². The van der Waals surface area contributed by atoms with Gasteiger partial charge in [0.05, 0.1) is 11.1 Å². The van der Waals surface area contributed by atoms with Crippen molar-refractivity contribution in [1.29, 1.82) is 0 Å². The number of amides is 2. The predicted molar refractivity (Wildman–Crippen MR) is 75.7 cm³/mol. The highest BCUT2D eigenvalue weighted by Crippen LogP contribution is 2.46. The number of anilines is 1. The van der Waals surface area contributed by atoms with E-state index in [0.29, 0.717) is 17.2 Å². The van der Waals surface area contributed by atoms with Gasteiger partial charge in [-0.15, -0.1) is 0 Å². The molecule has 1 aliphatic heterocycles. The lowest BCUT2D eigenvalue weighted by molar-refractivity contribution is 0.0693. The molecule has 0 unspecified atom stereocenters. The number of nitrogens with zero attached hydrogens (tertiary/aromatic N) is 1. The molecular weight excluding hydrogens is 252 g/mol. The van der Waals surface area contributed by atoms with Crippen LogP contribution in [-0.4, -0.2) is 29.8 Å². The highest BCUT2D eigenvalue weighted by molar-refractivity contribution is 6.21. The normalized spacial score (nSPS) is 21.6. The molecule has 2 saturated carbocycles. The van der Waals surface area contributed by atoms with Gasteiger partial charge in [-0.3, -0.25) is 14.5 Å². The number of rotatable bonds is 4. The maximum absolute atomic E-state index is 12.0. The average Bonchev–Trinajstić information content (AvgIpc) is 3.34. The lowest BCUT2D eigenvalue weighted by Crippen LogP contribution is -2.24. The zero-order chi connectivity index (χ0) is 13.9. The highest BCUT2D eigenvalue weighted by atomic mass is 16.2. The molecule has 2 fully saturated rings. The van der Waals surface area contributed by atoms with Crippen LogP contribution in [0.3, 0.4) is 0 Å². The standard InChI is InChI=1S/C16H18N2O2/c1-18-15(19)12-7-6-11(8-13(12)16(18)20)17-14(9-2-3-9)10-4-5-10/h6-10,14,17H,2-5H2,1H3. The summed E-state index contributed by atoms with van der Waals surface area (Å²) in [5.74, 6) is 1.21. The lowest BCUT2D eigenvalue weighted by Gasteiger charge is -2.19. The second-order valence-electron chi connectivity index (χ2n) is 6.27. The van der Waals surface area contributed by atoms with Crippen molar-refractivity contribution in [2.75, 3.05) is 12.4 Å². The number of hydrogen-bond acceptors (Lipinski definition) is 3. The maximum atomic E-state index is 12.0. The van der Waals surface area contributed by atoms with Crippen LogP contribution in [0.15, 0.2) is 18.2 Å². The zero-order valence-corrected chi connectivity index (χ0v) is 11.6. The second-order valence-corrected chi connectivity index (χ2v) is 6.27. The molecule has 20 heavy (non-hydrogen) atoms. The van der Waals surface area contributed by atoms with Crippen LogP contribution in [0, 0.1) is 11.8 Å². The summed E-state index contributed by atoms with van der Waals surface area (Å²) in [7, 11) is 1.54. The SMILES string of the molecule is CN1C(=O)c2ccc(NC(C3CC3)C3CC3)cc2C1=O. The molecule has 2 amide bonds. The van der Waals surface area contributed by atoms with E-state index in [9.17, 15) is 9.59 Å². The molecule has 1 aromatic carbocycles. The number of imide groups is 1. The number of benzene rings is 1. The number of carbonyl (C=O) groups excluding carboxylic acids is 2. The van der Waals surface area contributed by atoms with Gasteiger partial charge in [0.15, 0.2) is 0 Å². The van der Waals surface area contributed by atoms with E-state index in [1.165, 1.54) is 37.6 Å². The molecule has 4 heteroatoms. The van der Waals surface area contributed by atoms with Crippen molar-refractivity contribution < 1.29 is 9.59 Å². The summed E-state index contributed by atoms with van der Waals surface area (Å²) in [6, 6.07) is 6.11. The van der Waals surface area contributed by atoms with E-state index in [0.717, 1.165) is 17.5 Å². The number of fused-ring (bicyclic) bond motifs is 1. The zero-order valence-electron chi connectivity index (χ0n) is 11.6. The molecule has 4 nitrogen and oxygen atoms in total. The van der Waals surface area contributed by atoms with Crippen LogP contribution in [0.4, 0.5) is 5.69 Å². The molecule has 1 heterocycles. The van der Waals surface area contributed by atoms with Crippen LogP contribution >= 0.6 is 0 Å². The van der Waals surface area contributed by atoms with E-state index < -0.39 is 0 Å². The van der Waals surface area contributed by atoms with Crippen molar-refractivity contribution in [3.8, 4) is 0 Å². The van der Waals surface area contributed by atoms with Gasteiger partial charge < -0.3 is 5.32 Å². The first-order valence-electron chi connectivity index (χ1n) is 7.38. The summed E-state index contributed by atoms with van der Waals surface area (Å²) >= 11 is 0. The Bertz CT molecular complexity index is 590. The molecule has 0 radical (unpaired) electrons. The van der Waals surface area contributed by atoms with Gasteiger partial charge >= 0.3 is 0 Å². The quantitative estimate of drug-likeness (QED) is 0.855. The Balaban J connectivity index is 1.61. The summed E-state index contributed by atoms with van der Waals surface area (Å²) in [5.41, 5.74) is 2.04. The van der Waals surface area contributed by atoms with E-state index in [-0.39, 0.29) is 11.8 Å². The largest absolute Gasteiger partial charge is 0.382 e.